The molecule has 0 aromatic carbocycles. The zero-order chi connectivity index (χ0) is 19.6. The lowest BCUT2D eigenvalue weighted by atomic mass is 9.92. The maximum atomic E-state index is 11.9. The third-order valence-corrected chi connectivity index (χ3v) is 4.70. The molecule has 0 bridgehead atoms. The lowest BCUT2D eigenvalue weighted by Gasteiger charge is -2.35. The van der Waals surface area contributed by atoms with Gasteiger partial charge in [0.05, 0.1) is 5.60 Å². The maximum Gasteiger partial charge on any atom is 0.220 e. The Morgan fingerprint density at radius 2 is 1.50 bits per heavy atom. The molecule has 5 heteroatoms. The number of carbonyl (C=O) groups is 1. The number of hydrogen-bond donors (Lipinski definition) is 1. The molecule has 0 atom stereocenters. The van der Waals surface area contributed by atoms with Crippen molar-refractivity contribution in [1.82, 2.24) is 15.1 Å². The highest BCUT2D eigenvalue weighted by Crippen LogP contribution is 2.19. The normalized spacial score (nSPS) is 17.5. The first-order valence-corrected chi connectivity index (χ1v) is 10.4. The number of hydrogen-bond acceptors (Lipinski definition) is 4. The van der Waals surface area contributed by atoms with E-state index in [9.17, 15) is 4.79 Å². The average molecular weight is 370 g/mol. The van der Waals surface area contributed by atoms with Crippen molar-refractivity contribution < 1.29 is 9.53 Å². The molecule has 5 nitrogen and oxygen atoms in total. The summed E-state index contributed by atoms with van der Waals surface area (Å²) in [5, 5.41) is 3.00. The second-order valence-corrected chi connectivity index (χ2v) is 9.76. The van der Waals surface area contributed by atoms with Gasteiger partial charge in [0.15, 0.2) is 0 Å². The summed E-state index contributed by atoms with van der Waals surface area (Å²) >= 11 is 0. The van der Waals surface area contributed by atoms with Gasteiger partial charge in [0, 0.05) is 45.8 Å². The quantitative estimate of drug-likeness (QED) is 0.601. The molecule has 0 saturated carbocycles. The number of carbonyl (C=O) groups excluding carboxylic acids is 1. The molecule has 1 aliphatic heterocycles. The smallest absolute Gasteiger partial charge is 0.220 e. The van der Waals surface area contributed by atoms with Crippen LogP contribution in [0.5, 0.6) is 0 Å². The number of piperazine rings is 1. The first-order valence-electron chi connectivity index (χ1n) is 10.4. The van der Waals surface area contributed by atoms with Crippen LogP contribution in [0.4, 0.5) is 0 Å². The summed E-state index contributed by atoms with van der Waals surface area (Å²) in [5.41, 5.74) is 0.324. The van der Waals surface area contributed by atoms with E-state index < -0.39 is 0 Å². The van der Waals surface area contributed by atoms with E-state index >= 15 is 0 Å². The Morgan fingerprint density at radius 3 is 2.04 bits per heavy atom. The molecule has 154 valence electrons. The largest absolute Gasteiger partial charge is 0.376 e. The minimum atomic E-state index is -0.0965. The summed E-state index contributed by atoms with van der Waals surface area (Å²) in [4.78, 5) is 17.0. The highest BCUT2D eigenvalue weighted by Gasteiger charge is 2.19. The second kappa shape index (κ2) is 11.3. The Balaban J connectivity index is 2.00. The molecule has 0 spiro atoms. The zero-order valence-corrected chi connectivity index (χ0v) is 18.2. The van der Waals surface area contributed by atoms with Crippen molar-refractivity contribution in [3.8, 4) is 0 Å². The molecule has 1 amide bonds. The first kappa shape index (κ1) is 23.4. The predicted molar refractivity (Wildman–Crippen MR) is 110 cm³/mol. The van der Waals surface area contributed by atoms with E-state index in [1.54, 1.807) is 0 Å². The van der Waals surface area contributed by atoms with Gasteiger partial charge in [-0.2, -0.15) is 0 Å². The van der Waals surface area contributed by atoms with Gasteiger partial charge in [0.1, 0.15) is 0 Å². The van der Waals surface area contributed by atoms with Crippen LogP contribution in [-0.2, 0) is 9.53 Å². The Bertz CT molecular complexity index is 391. The van der Waals surface area contributed by atoms with Crippen LogP contribution >= 0.6 is 0 Å². The van der Waals surface area contributed by atoms with E-state index in [1.807, 2.05) is 0 Å². The van der Waals surface area contributed by atoms with E-state index in [1.165, 1.54) is 13.0 Å². The summed E-state index contributed by atoms with van der Waals surface area (Å²) in [6.07, 6.45) is 3.71. The number of nitrogens with zero attached hydrogens (tertiary/aromatic N) is 2. The van der Waals surface area contributed by atoms with Crippen molar-refractivity contribution in [3.63, 3.8) is 0 Å². The van der Waals surface area contributed by atoms with Gasteiger partial charge >= 0.3 is 0 Å². The lowest BCUT2D eigenvalue weighted by Crippen LogP contribution is -2.47. The Labute approximate surface area is 161 Å². The van der Waals surface area contributed by atoms with Gasteiger partial charge in [0.25, 0.3) is 0 Å². The van der Waals surface area contributed by atoms with Gasteiger partial charge in [-0.15, -0.1) is 0 Å². The zero-order valence-electron chi connectivity index (χ0n) is 18.2. The summed E-state index contributed by atoms with van der Waals surface area (Å²) in [6.45, 7) is 21.3. The van der Waals surface area contributed by atoms with E-state index in [2.05, 4.69) is 56.7 Å². The summed E-state index contributed by atoms with van der Waals surface area (Å²) in [7, 11) is 0. The van der Waals surface area contributed by atoms with Gasteiger partial charge < -0.3 is 19.9 Å². The summed E-state index contributed by atoms with van der Waals surface area (Å²) in [6, 6.07) is 0. The van der Waals surface area contributed by atoms with E-state index in [0.717, 1.165) is 45.6 Å². The Kier molecular flexibility index (Phi) is 10.1. The fourth-order valence-corrected chi connectivity index (χ4v) is 2.96. The highest BCUT2D eigenvalue weighted by atomic mass is 16.5. The fourth-order valence-electron chi connectivity index (χ4n) is 2.96. The van der Waals surface area contributed by atoms with Gasteiger partial charge in [-0.25, -0.2) is 0 Å². The molecule has 0 radical (unpaired) electrons. The van der Waals surface area contributed by atoms with Crippen LogP contribution in [0.3, 0.4) is 0 Å². The van der Waals surface area contributed by atoms with Crippen LogP contribution < -0.4 is 5.32 Å². The minimum absolute atomic E-state index is 0.0965. The van der Waals surface area contributed by atoms with E-state index in [-0.39, 0.29) is 11.5 Å². The monoisotopic (exact) mass is 369 g/mol. The average Bonchev–Trinajstić information content (AvgIpc) is 2.52. The molecule has 1 saturated heterocycles. The van der Waals surface area contributed by atoms with Crippen LogP contribution in [0.15, 0.2) is 0 Å². The fraction of sp³-hybridized carbons (Fsp3) is 0.952. The number of rotatable bonds is 10. The van der Waals surface area contributed by atoms with Crippen LogP contribution in [0.2, 0.25) is 0 Å². The molecule has 0 aromatic rings. The maximum absolute atomic E-state index is 11.9. The molecule has 26 heavy (non-hydrogen) atoms. The molecular weight excluding hydrogens is 326 g/mol. The third-order valence-electron chi connectivity index (χ3n) is 4.70. The van der Waals surface area contributed by atoms with Gasteiger partial charge in [-0.3, -0.25) is 4.79 Å². The van der Waals surface area contributed by atoms with Crippen molar-refractivity contribution in [2.24, 2.45) is 5.41 Å². The van der Waals surface area contributed by atoms with Gasteiger partial charge in [-0.1, -0.05) is 20.8 Å². The van der Waals surface area contributed by atoms with Crippen molar-refractivity contribution in [2.75, 3.05) is 52.4 Å². The molecular formula is C21H43N3O2. The standard InChI is InChI=1S/C21H43N3O2/c1-20(2,3)10-13-24-16-14-23(15-17-24)12-7-9-19(25)22-11-8-18-26-21(4,5)6/h7-18H2,1-6H3,(H,22,25). The van der Waals surface area contributed by atoms with Crippen LogP contribution in [0.25, 0.3) is 0 Å². The van der Waals surface area contributed by atoms with Gasteiger partial charge in [-0.05, 0) is 58.5 Å². The van der Waals surface area contributed by atoms with Gasteiger partial charge in [0.2, 0.25) is 5.91 Å². The Morgan fingerprint density at radius 1 is 0.923 bits per heavy atom. The number of nitrogens with one attached hydrogen (secondary N) is 1. The number of amides is 1. The molecule has 1 rings (SSSR count). The molecule has 0 aliphatic carbocycles. The SMILES string of the molecule is CC(C)(C)CCN1CCN(CCCC(=O)NCCCOC(C)(C)C)CC1. The predicted octanol–water partition coefficient (Wildman–Crippen LogP) is 3.14. The summed E-state index contributed by atoms with van der Waals surface area (Å²) in [5.74, 6) is 0.171. The van der Waals surface area contributed by atoms with Crippen LogP contribution in [0, 0.1) is 5.41 Å². The summed E-state index contributed by atoms with van der Waals surface area (Å²) < 4.78 is 5.65. The lowest BCUT2D eigenvalue weighted by molar-refractivity contribution is -0.121. The molecule has 0 unspecified atom stereocenters. The molecule has 1 heterocycles. The second-order valence-electron chi connectivity index (χ2n) is 9.76. The third kappa shape index (κ3) is 12.7. The first-order chi connectivity index (χ1) is 12.1. The van der Waals surface area contributed by atoms with E-state index in [4.69, 9.17) is 4.74 Å². The molecule has 1 N–H and O–H groups in total. The van der Waals surface area contributed by atoms with Crippen molar-refractivity contribution >= 4 is 5.91 Å². The van der Waals surface area contributed by atoms with E-state index in [0.29, 0.717) is 25.0 Å². The van der Waals surface area contributed by atoms with Crippen molar-refractivity contribution in [3.05, 3.63) is 0 Å². The van der Waals surface area contributed by atoms with Crippen molar-refractivity contribution in [2.45, 2.75) is 72.8 Å². The number of ether oxygens (including phenoxy) is 1. The molecule has 1 fully saturated rings. The van der Waals surface area contributed by atoms with Crippen molar-refractivity contribution in [1.29, 1.82) is 0 Å². The topological polar surface area (TPSA) is 44.8 Å². The molecule has 1 aliphatic rings. The minimum Gasteiger partial charge on any atom is -0.376 e. The molecule has 0 aromatic heterocycles. The highest BCUT2D eigenvalue weighted by molar-refractivity contribution is 5.75. The van der Waals surface area contributed by atoms with Crippen LogP contribution in [0.1, 0.15) is 67.2 Å². The van der Waals surface area contributed by atoms with Crippen LogP contribution in [-0.4, -0.2) is 73.7 Å². The Hall–Kier alpha value is -0.650.